The molecule has 0 aliphatic carbocycles. The number of carbonyl (C=O) groups is 1. The molecule has 3 heteroatoms. The van der Waals surface area contributed by atoms with Gasteiger partial charge in [-0.2, -0.15) is 0 Å². The van der Waals surface area contributed by atoms with Gasteiger partial charge in [0.15, 0.2) is 0 Å². The molecule has 0 fully saturated rings. The van der Waals surface area contributed by atoms with E-state index in [0.717, 1.165) is 11.0 Å². The van der Waals surface area contributed by atoms with Crippen molar-refractivity contribution in [2.24, 2.45) is 0 Å². The molecule has 1 N–H and O–H groups in total. The average molecular weight is 227 g/mol. The number of amides is 1. The molecule has 0 saturated heterocycles. The Kier molecular flexibility index (Phi) is 5.47. The van der Waals surface area contributed by atoms with Crippen LogP contribution in [0.5, 0.6) is 0 Å². The summed E-state index contributed by atoms with van der Waals surface area (Å²) in [5, 5.41) is 2.70. The third-order valence-corrected chi connectivity index (χ3v) is 1.23. The Bertz CT molecular complexity index is 66.8. The number of hydrogen-bond donors (Lipinski definition) is 1. The lowest BCUT2D eigenvalue weighted by Crippen LogP contribution is -2.22. The molecule has 0 aliphatic rings. The van der Waals surface area contributed by atoms with Crippen molar-refractivity contribution in [3.63, 3.8) is 0 Å². The largest absolute Gasteiger partial charge is 0.356 e. The van der Waals surface area contributed by atoms with Crippen LogP contribution in [0.2, 0.25) is 0 Å². The molecule has 48 valence electrons. The van der Waals surface area contributed by atoms with Crippen LogP contribution in [0.4, 0.5) is 0 Å². The van der Waals surface area contributed by atoms with Gasteiger partial charge < -0.3 is 5.32 Å². The van der Waals surface area contributed by atoms with Crippen LogP contribution in [-0.2, 0) is 4.79 Å². The summed E-state index contributed by atoms with van der Waals surface area (Å²) in [4.78, 5) is 10.5. The summed E-state index contributed by atoms with van der Waals surface area (Å²) in [5.74, 6) is 0.155. The van der Waals surface area contributed by atoms with Crippen molar-refractivity contribution in [3.05, 3.63) is 0 Å². The third kappa shape index (κ3) is 4.36. The molecule has 0 spiro atoms. The maximum Gasteiger partial charge on any atom is 0.220 e. The summed E-state index contributed by atoms with van der Waals surface area (Å²) in [7, 11) is 0. The second kappa shape index (κ2) is 5.34. The maximum atomic E-state index is 10.5. The molecule has 0 heterocycles. The van der Waals surface area contributed by atoms with Crippen LogP contribution in [0.25, 0.3) is 0 Å². The molecule has 0 aromatic carbocycles. The van der Waals surface area contributed by atoms with Crippen LogP contribution in [0, 0.1) is 0 Å². The standard InChI is InChI=1S/C5H10INO/c1-2-7-5(8)3-4-6/h2-4H2,1H3,(H,7,8). The van der Waals surface area contributed by atoms with Crippen LogP contribution in [0.1, 0.15) is 13.3 Å². The summed E-state index contributed by atoms with van der Waals surface area (Å²) >= 11 is 2.18. The van der Waals surface area contributed by atoms with Gasteiger partial charge >= 0.3 is 0 Å². The van der Waals surface area contributed by atoms with Gasteiger partial charge in [-0.3, -0.25) is 4.79 Å². The molecule has 0 unspecified atom stereocenters. The number of hydrogen-bond acceptors (Lipinski definition) is 1. The summed E-state index contributed by atoms with van der Waals surface area (Å²) in [6, 6.07) is 0. The summed E-state index contributed by atoms with van der Waals surface area (Å²) in [5.41, 5.74) is 0. The minimum Gasteiger partial charge on any atom is -0.356 e. The zero-order valence-corrected chi connectivity index (χ0v) is 7.07. The molecule has 0 aromatic rings. The SMILES string of the molecule is CCNC(=O)CCI. The number of nitrogens with one attached hydrogen (secondary N) is 1. The van der Waals surface area contributed by atoms with Crippen molar-refractivity contribution < 1.29 is 4.79 Å². The number of carbonyl (C=O) groups excluding carboxylic acids is 1. The molecule has 2 nitrogen and oxygen atoms in total. The first-order valence-corrected chi connectivity index (χ1v) is 4.16. The van der Waals surface area contributed by atoms with E-state index < -0.39 is 0 Å². The lowest BCUT2D eigenvalue weighted by Gasteiger charge is -1.95. The average Bonchev–Trinajstić information content (AvgIpc) is 1.68. The maximum absolute atomic E-state index is 10.5. The molecule has 0 radical (unpaired) electrons. The lowest BCUT2D eigenvalue weighted by molar-refractivity contribution is -0.120. The highest BCUT2D eigenvalue weighted by Crippen LogP contribution is 1.86. The third-order valence-electron chi connectivity index (χ3n) is 0.695. The summed E-state index contributed by atoms with van der Waals surface area (Å²) in [6.45, 7) is 2.67. The number of rotatable bonds is 3. The van der Waals surface area contributed by atoms with Crippen LogP contribution in [0.3, 0.4) is 0 Å². The minimum absolute atomic E-state index is 0.155. The van der Waals surface area contributed by atoms with E-state index in [9.17, 15) is 4.79 Å². The smallest absolute Gasteiger partial charge is 0.220 e. The fourth-order valence-corrected chi connectivity index (χ4v) is 0.861. The Morgan fingerprint density at radius 1 is 1.75 bits per heavy atom. The number of alkyl halides is 1. The second-order valence-corrected chi connectivity index (χ2v) is 2.47. The van der Waals surface area contributed by atoms with Gasteiger partial charge in [0, 0.05) is 17.4 Å². The van der Waals surface area contributed by atoms with E-state index in [-0.39, 0.29) is 5.91 Å². The van der Waals surface area contributed by atoms with Gasteiger partial charge in [0.2, 0.25) is 5.91 Å². The minimum atomic E-state index is 0.155. The van der Waals surface area contributed by atoms with Gasteiger partial charge in [0.1, 0.15) is 0 Å². The predicted molar refractivity (Wildman–Crippen MR) is 42.2 cm³/mol. The van der Waals surface area contributed by atoms with E-state index >= 15 is 0 Å². The van der Waals surface area contributed by atoms with Gasteiger partial charge in [-0.15, -0.1) is 0 Å². The zero-order chi connectivity index (χ0) is 6.41. The monoisotopic (exact) mass is 227 g/mol. The molecular formula is C5H10INO. The van der Waals surface area contributed by atoms with Gasteiger partial charge in [-0.05, 0) is 6.92 Å². The summed E-state index contributed by atoms with van der Waals surface area (Å²) < 4.78 is 0.906. The molecular weight excluding hydrogens is 217 g/mol. The van der Waals surface area contributed by atoms with Gasteiger partial charge in [-0.25, -0.2) is 0 Å². The van der Waals surface area contributed by atoms with E-state index in [2.05, 4.69) is 27.9 Å². The van der Waals surface area contributed by atoms with Crippen molar-refractivity contribution >= 4 is 28.5 Å². The molecule has 0 saturated carbocycles. The van der Waals surface area contributed by atoms with Crippen molar-refractivity contribution in [3.8, 4) is 0 Å². The number of halogens is 1. The van der Waals surface area contributed by atoms with Crippen LogP contribution < -0.4 is 5.32 Å². The lowest BCUT2D eigenvalue weighted by atomic mass is 10.4. The summed E-state index contributed by atoms with van der Waals surface area (Å²) in [6.07, 6.45) is 0.647. The van der Waals surface area contributed by atoms with Crippen molar-refractivity contribution in [1.29, 1.82) is 0 Å². The second-order valence-electron chi connectivity index (χ2n) is 1.39. The Hall–Kier alpha value is 0.200. The fourth-order valence-electron chi connectivity index (χ4n) is 0.371. The van der Waals surface area contributed by atoms with E-state index in [0.29, 0.717) is 6.42 Å². The first kappa shape index (κ1) is 8.20. The normalized spacial score (nSPS) is 8.75. The highest BCUT2D eigenvalue weighted by molar-refractivity contribution is 14.1. The highest BCUT2D eigenvalue weighted by Gasteiger charge is 1.93. The van der Waals surface area contributed by atoms with Gasteiger partial charge in [-0.1, -0.05) is 22.6 Å². The van der Waals surface area contributed by atoms with E-state index in [1.54, 1.807) is 0 Å². The molecule has 8 heavy (non-hydrogen) atoms. The van der Waals surface area contributed by atoms with Crippen molar-refractivity contribution in [2.45, 2.75) is 13.3 Å². The Morgan fingerprint density at radius 2 is 2.38 bits per heavy atom. The van der Waals surface area contributed by atoms with E-state index in [1.807, 2.05) is 6.92 Å². The molecule has 0 aromatic heterocycles. The van der Waals surface area contributed by atoms with Crippen LogP contribution >= 0.6 is 22.6 Å². The Labute approximate surface area is 63.2 Å². The van der Waals surface area contributed by atoms with Gasteiger partial charge in [0.05, 0.1) is 0 Å². The molecule has 0 bridgehead atoms. The first-order chi connectivity index (χ1) is 3.81. The van der Waals surface area contributed by atoms with Crippen LogP contribution in [0.15, 0.2) is 0 Å². The highest BCUT2D eigenvalue weighted by atomic mass is 127. The van der Waals surface area contributed by atoms with Crippen molar-refractivity contribution in [1.82, 2.24) is 5.32 Å². The van der Waals surface area contributed by atoms with Crippen molar-refractivity contribution in [2.75, 3.05) is 11.0 Å². The zero-order valence-electron chi connectivity index (χ0n) is 4.91. The molecule has 0 rings (SSSR count). The fraction of sp³-hybridized carbons (Fsp3) is 0.800. The predicted octanol–water partition coefficient (Wildman–Crippen LogP) is 0.948. The quantitative estimate of drug-likeness (QED) is 0.564. The Balaban J connectivity index is 3.06. The molecule has 1 amide bonds. The van der Waals surface area contributed by atoms with Gasteiger partial charge in [0.25, 0.3) is 0 Å². The first-order valence-electron chi connectivity index (χ1n) is 2.64. The van der Waals surface area contributed by atoms with E-state index in [1.165, 1.54) is 0 Å². The van der Waals surface area contributed by atoms with Crippen LogP contribution in [-0.4, -0.2) is 16.9 Å². The van der Waals surface area contributed by atoms with E-state index in [4.69, 9.17) is 0 Å². The topological polar surface area (TPSA) is 29.1 Å². The Morgan fingerprint density at radius 3 is 2.75 bits per heavy atom. The molecule has 0 atom stereocenters. The molecule has 0 aliphatic heterocycles.